The van der Waals surface area contributed by atoms with Crippen molar-refractivity contribution < 1.29 is 18.0 Å². The highest BCUT2D eigenvalue weighted by molar-refractivity contribution is 6.03. The van der Waals surface area contributed by atoms with E-state index in [-0.39, 0.29) is 23.9 Å². The largest absolute Gasteiger partial charge is 0.416 e. The van der Waals surface area contributed by atoms with E-state index in [1.165, 1.54) is 0 Å². The Kier molecular flexibility index (Phi) is 6.48. The van der Waals surface area contributed by atoms with Crippen molar-refractivity contribution in [3.8, 4) is 0 Å². The lowest BCUT2D eigenvalue weighted by molar-refractivity contribution is -0.137. The van der Waals surface area contributed by atoms with E-state index >= 15 is 0 Å². The number of amides is 1. The molecule has 0 saturated heterocycles. The fraction of sp³-hybridized carbons (Fsp3) is 0.560. The summed E-state index contributed by atoms with van der Waals surface area (Å²) in [7, 11) is 3.85. The molecule has 9 heteroatoms. The predicted octanol–water partition coefficient (Wildman–Crippen LogP) is 5.06. The van der Waals surface area contributed by atoms with Crippen molar-refractivity contribution in [1.82, 2.24) is 9.97 Å². The van der Waals surface area contributed by atoms with Gasteiger partial charge in [0.2, 0.25) is 5.91 Å². The third kappa shape index (κ3) is 4.70. The Hall–Kier alpha value is -2.84. The van der Waals surface area contributed by atoms with Crippen LogP contribution in [0.5, 0.6) is 0 Å². The molecule has 0 bridgehead atoms. The van der Waals surface area contributed by atoms with Crippen LogP contribution >= 0.6 is 0 Å². The molecule has 0 unspecified atom stereocenters. The number of fused-ring (bicyclic) bond motifs is 1. The standard InChI is InChI=1S/C25H32F3N5O/c1-14(2)22-24(34)31-21-15(3)29-20(30-23(21)33(22)5)13-16-6-9-19(12-16)32(4)18-10-7-17(8-11-18)25(26,27)28/h7-8,10-11,14,16,19,22H,6,9,12-13H2,1-5H3,(H,31,34)/t16-,19+,22-/m0/s1. The van der Waals surface area contributed by atoms with E-state index in [0.29, 0.717) is 11.6 Å². The first-order chi connectivity index (χ1) is 16.0. The van der Waals surface area contributed by atoms with Crippen LogP contribution in [0.1, 0.15) is 50.2 Å². The van der Waals surface area contributed by atoms with Crippen LogP contribution in [0.25, 0.3) is 0 Å². The third-order valence-corrected chi connectivity index (χ3v) is 7.15. The molecule has 2 heterocycles. The first-order valence-electron chi connectivity index (χ1n) is 11.8. The minimum atomic E-state index is -4.32. The summed E-state index contributed by atoms with van der Waals surface area (Å²) in [6.07, 6.45) is -0.680. The topological polar surface area (TPSA) is 61.4 Å². The average Bonchev–Trinajstić information content (AvgIpc) is 3.22. The van der Waals surface area contributed by atoms with E-state index in [2.05, 4.69) is 15.2 Å². The number of carbonyl (C=O) groups excluding carboxylic acids is 1. The molecule has 1 fully saturated rings. The maximum absolute atomic E-state index is 12.9. The maximum atomic E-state index is 12.9. The smallest absolute Gasteiger partial charge is 0.372 e. The van der Waals surface area contributed by atoms with Gasteiger partial charge < -0.3 is 15.1 Å². The van der Waals surface area contributed by atoms with Gasteiger partial charge in [-0.2, -0.15) is 13.2 Å². The van der Waals surface area contributed by atoms with E-state index in [4.69, 9.17) is 4.98 Å². The summed E-state index contributed by atoms with van der Waals surface area (Å²) in [6, 6.07) is 5.35. The molecule has 34 heavy (non-hydrogen) atoms. The molecule has 1 aromatic heterocycles. The number of nitrogens with zero attached hydrogens (tertiary/aromatic N) is 4. The quantitative estimate of drug-likeness (QED) is 0.655. The van der Waals surface area contributed by atoms with Crippen molar-refractivity contribution >= 4 is 23.1 Å². The minimum Gasteiger partial charge on any atom is -0.372 e. The Labute approximate surface area is 198 Å². The van der Waals surface area contributed by atoms with Gasteiger partial charge in [-0.05, 0) is 62.3 Å². The van der Waals surface area contributed by atoms with Gasteiger partial charge in [-0.25, -0.2) is 9.97 Å². The molecule has 3 atom stereocenters. The van der Waals surface area contributed by atoms with E-state index in [1.54, 1.807) is 12.1 Å². The van der Waals surface area contributed by atoms with Crippen molar-refractivity contribution in [3.63, 3.8) is 0 Å². The normalized spacial score (nSPS) is 22.7. The zero-order valence-electron chi connectivity index (χ0n) is 20.3. The molecule has 0 spiro atoms. The first kappa shape index (κ1) is 24.3. The molecular formula is C25H32F3N5O. The van der Waals surface area contributed by atoms with Crippen LogP contribution < -0.4 is 15.1 Å². The van der Waals surface area contributed by atoms with Gasteiger partial charge in [0.1, 0.15) is 17.6 Å². The van der Waals surface area contributed by atoms with Crippen LogP contribution in [0, 0.1) is 18.8 Å². The number of halogens is 3. The van der Waals surface area contributed by atoms with Gasteiger partial charge >= 0.3 is 6.18 Å². The summed E-state index contributed by atoms with van der Waals surface area (Å²) in [5, 5.41) is 2.98. The van der Waals surface area contributed by atoms with Crippen molar-refractivity contribution in [2.45, 2.75) is 64.7 Å². The lowest BCUT2D eigenvalue weighted by Gasteiger charge is -2.37. The maximum Gasteiger partial charge on any atom is 0.416 e. The molecule has 1 aromatic carbocycles. The number of carbonyl (C=O) groups is 1. The van der Waals surface area contributed by atoms with Crippen LogP contribution in [0.15, 0.2) is 24.3 Å². The number of benzene rings is 1. The SMILES string of the molecule is Cc1nc(C[C@H]2CC[C@@H](N(C)c3ccc(C(F)(F)F)cc3)C2)nc2c1NC(=O)[C@H](C(C)C)N2C. The molecule has 2 aliphatic rings. The van der Waals surface area contributed by atoms with Gasteiger partial charge in [0.15, 0.2) is 5.82 Å². The highest BCUT2D eigenvalue weighted by atomic mass is 19.4. The zero-order chi connectivity index (χ0) is 24.8. The van der Waals surface area contributed by atoms with Crippen LogP contribution in [0.3, 0.4) is 0 Å². The Morgan fingerprint density at radius 2 is 1.85 bits per heavy atom. The number of likely N-dealkylation sites (N-methyl/N-ethyl adjacent to an activating group) is 1. The molecular weight excluding hydrogens is 443 g/mol. The Morgan fingerprint density at radius 3 is 2.47 bits per heavy atom. The monoisotopic (exact) mass is 475 g/mol. The van der Waals surface area contributed by atoms with E-state index in [9.17, 15) is 18.0 Å². The summed E-state index contributed by atoms with van der Waals surface area (Å²) in [5.41, 5.74) is 1.60. The van der Waals surface area contributed by atoms with E-state index in [0.717, 1.165) is 60.8 Å². The van der Waals surface area contributed by atoms with Crippen molar-refractivity contribution in [1.29, 1.82) is 0 Å². The highest BCUT2D eigenvalue weighted by Crippen LogP contribution is 2.37. The van der Waals surface area contributed by atoms with Crippen molar-refractivity contribution in [2.75, 3.05) is 29.2 Å². The van der Waals surface area contributed by atoms with Crippen LogP contribution in [-0.2, 0) is 17.4 Å². The average molecular weight is 476 g/mol. The highest BCUT2D eigenvalue weighted by Gasteiger charge is 2.36. The summed E-state index contributed by atoms with van der Waals surface area (Å²) in [4.78, 5) is 26.1. The molecule has 2 aromatic rings. The molecule has 1 saturated carbocycles. The Balaban J connectivity index is 1.45. The summed E-state index contributed by atoms with van der Waals surface area (Å²) in [5.74, 6) is 2.04. The lowest BCUT2D eigenvalue weighted by atomic mass is 9.99. The van der Waals surface area contributed by atoms with E-state index in [1.807, 2.05) is 39.8 Å². The molecule has 4 rings (SSSR count). The number of nitrogens with one attached hydrogen (secondary N) is 1. The van der Waals surface area contributed by atoms with Crippen LogP contribution in [0.4, 0.5) is 30.4 Å². The van der Waals surface area contributed by atoms with Crippen molar-refractivity contribution in [3.05, 3.63) is 41.3 Å². The van der Waals surface area contributed by atoms with Gasteiger partial charge in [-0.3, -0.25) is 4.79 Å². The number of hydrogen-bond donors (Lipinski definition) is 1. The number of hydrogen-bond acceptors (Lipinski definition) is 5. The number of aryl methyl sites for hydroxylation is 1. The fourth-order valence-corrected chi connectivity index (χ4v) is 5.30. The second-order valence-corrected chi connectivity index (χ2v) is 9.91. The zero-order valence-corrected chi connectivity index (χ0v) is 20.3. The molecule has 1 amide bonds. The summed E-state index contributed by atoms with van der Waals surface area (Å²) < 4.78 is 38.6. The molecule has 184 valence electrons. The number of anilines is 3. The molecule has 1 aliphatic carbocycles. The number of alkyl halides is 3. The lowest BCUT2D eigenvalue weighted by Crippen LogP contribution is -2.49. The molecule has 6 nitrogen and oxygen atoms in total. The van der Waals surface area contributed by atoms with Crippen molar-refractivity contribution in [2.24, 2.45) is 11.8 Å². The van der Waals surface area contributed by atoms with Gasteiger partial charge in [0.25, 0.3) is 0 Å². The Morgan fingerprint density at radius 1 is 1.18 bits per heavy atom. The molecule has 1 N–H and O–H groups in total. The summed E-state index contributed by atoms with van der Waals surface area (Å²) >= 11 is 0. The fourth-order valence-electron chi connectivity index (χ4n) is 5.30. The van der Waals surface area contributed by atoms with Gasteiger partial charge in [-0.15, -0.1) is 0 Å². The van der Waals surface area contributed by atoms with Gasteiger partial charge in [0.05, 0.1) is 11.3 Å². The molecule has 0 radical (unpaired) electrons. The second kappa shape index (κ2) is 9.07. The number of rotatable bonds is 5. The molecule has 1 aliphatic heterocycles. The van der Waals surface area contributed by atoms with Gasteiger partial charge in [-0.1, -0.05) is 13.8 Å². The minimum absolute atomic E-state index is 0.0330. The third-order valence-electron chi connectivity index (χ3n) is 7.15. The number of aromatic nitrogens is 2. The van der Waals surface area contributed by atoms with Gasteiger partial charge in [0, 0.05) is 32.2 Å². The van der Waals surface area contributed by atoms with E-state index < -0.39 is 11.7 Å². The van der Waals surface area contributed by atoms with Crippen LogP contribution in [-0.4, -0.2) is 42.1 Å². The second-order valence-electron chi connectivity index (χ2n) is 9.91. The Bertz CT molecular complexity index is 1050. The predicted molar refractivity (Wildman–Crippen MR) is 127 cm³/mol. The summed E-state index contributed by atoms with van der Waals surface area (Å²) in [6.45, 7) is 5.93. The first-order valence-corrected chi connectivity index (χ1v) is 11.8. The van der Waals surface area contributed by atoms with Crippen LogP contribution in [0.2, 0.25) is 0 Å².